The number of nitrogens with zero attached hydrogens (tertiary/aromatic N) is 2. The van der Waals surface area contributed by atoms with Crippen LogP contribution in [-0.2, 0) is 19.5 Å². The van der Waals surface area contributed by atoms with Gasteiger partial charge in [0.1, 0.15) is 5.82 Å². The van der Waals surface area contributed by atoms with Crippen LogP contribution in [0.2, 0.25) is 5.02 Å². The van der Waals surface area contributed by atoms with Crippen molar-refractivity contribution < 1.29 is 0 Å². The van der Waals surface area contributed by atoms with Crippen molar-refractivity contribution in [3.05, 3.63) is 85.2 Å². The van der Waals surface area contributed by atoms with E-state index in [9.17, 15) is 4.79 Å². The zero-order chi connectivity index (χ0) is 18.1. The molecular formula is C20H17BrClN3O. The fourth-order valence-electron chi connectivity index (χ4n) is 3.24. The monoisotopic (exact) mass is 429 g/mol. The quantitative estimate of drug-likeness (QED) is 0.669. The molecule has 2 heterocycles. The molecule has 132 valence electrons. The Morgan fingerprint density at radius 1 is 1.15 bits per heavy atom. The zero-order valence-corrected chi connectivity index (χ0v) is 16.3. The molecule has 0 atom stereocenters. The van der Waals surface area contributed by atoms with E-state index in [2.05, 4.69) is 37.9 Å². The molecule has 1 aromatic heterocycles. The van der Waals surface area contributed by atoms with E-state index in [4.69, 9.17) is 16.6 Å². The van der Waals surface area contributed by atoms with Gasteiger partial charge in [-0.3, -0.25) is 9.69 Å². The molecule has 1 aliphatic heterocycles. The summed E-state index contributed by atoms with van der Waals surface area (Å²) in [6, 6.07) is 15.6. The van der Waals surface area contributed by atoms with Gasteiger partial charge in [0, 0.05) is 40.3 Å². The Morgan fingerprint density at radius 2 is 1.92 bits per heavy atom. The highest BCUT2D eigenvalue weighted by atomic mass is 79.9. The summed E-state index contributed by atoms with van der Waals surface area (Å²) in [6.07, 6.45) is 0.711. The Kier molecular flexibility index (Phi) is 4.94. The number of aromatic nitrogens is 2. The molecule has 0 spiro atoms. The molecule has 0 amide bonds. The number of halogens is 2. The van der Waals surface area contributed by atoms with E-state index in [0.29, 0.717) is 23.8 Å². The van der Waals surface area contributed by atoms with Crippen molar-refractivity contribution in [2.75, 3.05) is 6.54 Å². The molecule has 1 aliphatic rings. The molecule has 4 nitrogen and oxygen atoms in total. The van der Waals surface area contributed by atoms with Crippen molar-refractivity contribution in [2.45, 2.75) is 19.5 Å². The van der Waals surface area contributed by atoms with Gasteiger partial charge in [-0.05, 0) is 42.3 Å². The maximum atomic E-state index is 12.5. The first kappa shape index (κ1) is 17.5. The third-order valence-corrected chi connectivity index (χ3v) is 5.65. The van der Waals surface area contributed by atoms with E-state index >= 15 is 0 Å². The number of nitrogens with one attached hydrogen (secondary N) is 1. The molecule has 3 aromatic rings. The SMILES string of the molecule is O=c1[nH]c(-c2ccc(Cl)cc2)nc2c1CCN(Cc1ccccc1Br)C2. The van der Waals surface area contributed by atoms with Gasteiger partial charge in [-0.25, -0.2) is 4.98 Å². The Morgan fingerprint density at radius 3 is 2.69 bits per heavy atom. The van der Waals surface area contributed by atoms with Crippen LogP contribution in [0.15, 0.2) is 57.8 Å². The normalized spacial score (nSPS) is 14.2. The number of benzene rings is 2. The molecule has 2 aromatic carbocycles. The van der Waals surface area contributed by atoms with E-state index in [1.54, 1.807) is 12.1 Å². The van der Waals surface area contributed by atoms with E-state index < -0.39 is 0 Å². The average Bonchev–Trinajstić information content (AvgIpc) is 2.64. The molecular weight excluding hydrogens is 414 g/mol. The van der Waals surface area contributed by atoms with Crippen LogP contribution in [0, 0.1) is 0 Å². The van der Waals surface area contributed by atoms with Gasteiger partial charge in [0.2, 0.25) is 0 Å². The lowest BCUT2D eigenvalue weighted by atomic mass is 10.0. The lowest BCUT2D eigenvalue weighted by Crippen LogP contribution is -2.35. The van der Waals surface area contributed by atoms with E-state index in [1.807, 2.05) is 24.3 Å². The van der Waals surface area contributed by atoms with Gasteiger partial charge in [0.25, 0.3) is 5.56 Å². The van der Waals surface area contributed by atoms with Crippen LogP contribution in [0.5, 0.6) is 0 Å². The second kappa shape index (κ2) is 7.35. The number of fused-ring (bicyclic) bond motifs is 1. The minimum Gasteiger partial charge on any atom is -0.306 e. The van der Waals surface area contributed by atoms with Gasteiger partial charge < -0.3 is 4.98 Å². The number of rotatable bonds is 3. The first-order valence-corrected chi connectivity index (χ1v) is 9.61. The van der Waals surface area contributed by atoms with Crippen LogP contribution in [0.4, 0.5) is 0 Å². The Balaban J connectivity index is 1.62. The third kappa shape index (κ3) is 3.61. The summed E-state index contributed by atoms with van der Waals surface area (Å²) in [4.78, 5) is 22.5. The molecule has 0 saturated heterocycles. The van der Waals surface area contributed by atoms with Crippen molar-refractivity contribution in [3.8, 4) is 11.4 Å². The van der Waals surface area contributed by atoms with Gasteiger partial charge in [0.15, 0.2) is 0 Å². The Hall–Kier alpha value is -1.95. The lowest BCUT2D eigenvalue weighted by molar-refractivity contribution is 0.240. The molecule has 4 rings (SSSR count). The molecule has 0 aliphatic carbocycles. The second-order valence-electron chi connectivity index (χ2n) is 6.40. The highest BCUT2D eigenvalue weighted by Crippen LogP contribution is 2.23. The predicted octanol–water partition coefficient (Wildman–Crippen LogP) is 4.41. The standard InChI is InChI=1S/C20H17BrClN3O/c21-17-4-2-1-3-14(17)11-25-10-9-16-18(12-25)23-19(24-20(16)26)13-5-7-15(22)8-6-13/h1-8H,9-12H2,(H,23,24,26). The van der Waals surface area contributed by atoms with Crippen LogP contribution < -0.4 is 5.56 Å². The lowest BCUT2D eigenvalue weighted by Gasteiger charge is -2.28. The topological polar surface area (TPSA) is 49.0 Å². The van der Waals surface area contributed by atoms with Gasteiger partial charge in [0.05, 0.1) is 5.69 Å². The minimum absolute atomic E-state index is 0.0412. The summed E-state index contributed by atoms with van der Waals surface area (Å²) in [6.45, 7) is 2.34. The zero-order valence-electron chi connectivity index (χ0n) is 14.0. The van der Waals surface area contributed by atoms with E-state index in [1.165, 1.54) is 5.56 Å². The Bertz CT molecular complexity index is 1000. The summed E-state index contributed by atoms with van der Waals surface area (Å²) in [5.74, 6) is 0.591. The summed E-state index contributed by atoms with van der Waals surface area (Å²) >= 11 is 9.56. The summed E-state index contributed by atoms with van der Waals surface area (Å²) in [7, 11) is 0. The number of aromatic amines is 1. The van der Waals surface area contributed by atoms with Crippen molar-refractivity contribution in [3.63, 3.8) is 0 Å². The van der Waals surface area contributed by atoms with E-state index in [0.717, 1.165) is 34.4 Å². The number of hydrogen-bond acceptors (Lipinski definition) is 3. The molecule has 6 heteroatoms. The highest BCUT2D eigenvalue weighted by molar-refractivity contribution is 9.10. The molecule has 0 saturated carbocycles. The second-order valence-corrected chi connectivity index (χ2v) is 7.69. The van der Waals surface area contributed by atoms with Crippen LogP contribution >= 0.6 is 27.5 Å². The molecule has 0 unspecified atom stereocenters. The van der Waals surface area contributed by atoms with Gasteiger partial charge in [-0.15, -0.1) is 0 Å². The van der Waals surface area contributed by atoms with Crippen LogP contribution in [0.25, 0.3) is 11.4 Å². The Labute approximate surface area is 165 Å². The summed E-state index contributed by atoms with van der Waals surface area (Å²) in [5.41, 5.74) is 3.71. The molecule has 0 bridgehead atoms. The largest absolute Gasteiger partial charge is 0.306 e. The van der Waals surface area contributed by atoms with E-state index in [-0.39, 0.29) is 5.56 Å². The number of hydrogen-bond donors (Lipinski definition) is 1. The van der Waals surface area contributed by atoms with Crippen molar-refractivity contribution in [1.82, 2.24) is 14.9 Å². The minimum atomic E-state index is -0.0412. The first-order chi connectivity index (χ1) is 12.6. The molecule has 0 radical (unpaired) electrons. The van der Waals surface area contributed by atoms with Crippen LogP contribution in [0.3, 0.4) is 0 Å². The fraction of sp³-hybridized carbons (Fsp3) is 0.200. The summed E-state index contributed by atoms with van der Waals surface area (Å²) in [5, 5.41) is 0.661. The fourth-order valence-corrected chi connectivity index (χ4v) is 3.78. The number of H-pyrrole nitrogens is 1. The van der Waals surface area contributed by atoms with Crippen molar-refractivity contribution in [1.29, 1.82) is 0 Å². The molecule has 26 heavy (non-hydrogen) atoms. The van der Waals surface area contributed by atoms with Crippen LogP contribution in [-0.4, -0.2) is 21.4 Å². The predicted molar refractivity (Wildman–Crippen MR) is 107 cm³/mol. The molecule has 1 N–H and O–H groups in total. The van der Waals surface area contributed by atoms with Gasteiger partial charge >= 0.3 is 0 Å². The molecule has 0 fully saturated rings. The van der Waals surface area contributed by atoms with Crippen molar-refractivity contribution >= 4 is 27.5 Å². The maximum Gasteiger partial charge on any atom is 0.254 e. The first-order valence-electron chi connectivity index (χ1n) is 8.44. The third-order valence-electron chi connectivity index (χ3n) is 4.62. The van der Waals surface area contributed by atoms with Gasteiger partial charge in [-0.2, -0.15) is 0 Å². The van der Waals surface area contributed by atoms with Crippen LogP contribution in [0.1, 0.15) is 16.8 Å². The maximum absolute atomic E-state index is 12.5. The van der Waals surface area contributed by atoms with Gasteiger partial charge in [-0.1, -0.05) is 45.7 Å². The summed E-state index contributed by atoms with van der Waals surface area (Å²) < 4.78 is 1.10. The highest BCUT2D eigenvalue weighted by Gasteiger charge is 2.22. The van der Waals surface area contributed by atoms with Crippen molar-refractivity contribution in [2.24, 2.45) is 0 Å². The average molecular weight is 431 g/mol. The smallest absolute Gasteiger partial charge is 0.254 e.